The fourth-order valence-electron chi connectivity index (χ4n) is 4.37. The first-order valence-electron chi connectivity index (χ1n) is 12.9. The number of carbonyl (C=O) groups is 4. The van der Waals surface area contributed by atoms with Gasteiger partial charge in [-0.2, -0.15) is 5.10 Å². The first-order chi connectivity index (χ1) is 20.2. The topological polar surface area (TPSA) is 201 Å². The molecule has 0 radical (unpaired) electrons. The van der Waals surface area contributed by atoms with Gasteiger partial charge in [-0.1, -0.05) is 12.1 Å². The van der Waals surface area contributed by atoms with E-state index in [0.717, 1.165) is 27.7 Å². The summed E-state index contributed by atoms with van der Waals surface area (Å²) in [6.45, 7) is 7.18. The maximum absolute atomic E-state index is 12.7. The summed E-state index contributed by atoms with van der Waals surface area (Å²) in [5, 5.41) is 17.6. The molecule has 0 bridgehead atoms. The highest BCUT2D eigenvalue weighted by atomic mass is 32.1. The normalized spacial score (nSPS) is 21.8. The van der Waals surface area contributed by atoms with E-state index < -0.39 is 66.8 Å². The summed E-state index contributed by atoms with van der Waals surface area (Å²) in [6, 6.07) is 5.00. The number of thiocarbonyl (C=S) groups is 1. The number of benzene rings is 1. The zero-order chi connectivity index (χ0) is 32.0. The van der Waals surface area contributed by atoms with Gasteiger partial charge in [-0.15, -0.1) is 0 Å². The summed E-state index contributed by atoms with van der Waals surface area (Å²) in [5.74, 6) is -3.36. The largest absolute Gasteiger partial charge is 0.506 e. The Morgan fingerprint density at radius 2 is 1.56 bits per heavy atom. The monoisotopic (exact) mass is 621 g/mol. The van der Waals surface area contributed by atoms with E-state index in [1.807, 2.05) is 0 Å². The number of aromatic hydroxyl groups is 1. The van der Waals surface area contributed by atoms with Crippen molar-refractivity contribution in [2.75, 3.05) is 6.61 Å². The number of hydrazone groups is 1. The van der Waals surface area contributed by atoms with Crippen LogP contribution in [-0.2, 0) is 42.9 Å². The smallest absolute Gasteiger partial charge is 0.349 e. The van der Waals surface area contributed by atoms with Gasteiger partial charge in [0.25, 0.3) is 0 Å². The minimum absolute atomic E-state index is 0.0142. The molecule has 15 nitrogen and oxygen atoms in total. The molecule has 232 valence electrons. The van der Waals surface area contributed by atoms with E-state index in [1.54, 1.807) is 25.1 Å². The molecule has 3 N–H and O–H groups in total. The number of esters is 4. The molecular formula is C27H31N3O12S. The van der Waals surface area contributed by atoms with E-state index in [-0.39, 0.29) is 27.7 Å². The molecule has 0 amide bonds. The Balaban J connectivity index is 1.91. The highest BCUT2D eigenvalue weighted by Crippen LogP contribution is 2.30. The van der Waals surface area contributed by atoms with Crippen LogP contribution in [0.5, 0.6) is 5.75 Å². The summed E-state index contributed by atoms with van der Waals surface area (Å²) in [5.41, 5.74) is 2.36. The minimum atomic E-state index is -1.41. The number of fused-ring (bicyclic) bond motifs is 1. The Labute approximate surface area is 250 Å². The van der Waals surface area contributed by atoms with Crippen LogP contribution in [0.3, 0.4) is 0 Å². The average molecular weight is 622 g/mol. The molecule has 16 heteroatoms. The molecular weight excluding hydrogens is 590 g/mol. The van der Waals surface area contributed by atoms with Gasteiger partial charge in [-0.05, 0) is 37.7 Å². The number of rotatable bonds is 8. The molecule has 0 saturated carbocycles. The third-order valence-corrected chi connectivity index (χ3v) is 6.26. The predicted molar refractivity (Wildman–Crippen MR) is 152 cm³/mol. The molecule has 1 aliphatic rings. The van der Waals surface area contributed by atoms with Crippen molar-refractivity contribution in [3.8, 4) is 5.75 Å². The van der Waals surface area contributed by atoms with E-state index in [2.05, 4.69) is 15.8 Å². The molecule has 0 spiro atoms. The van der Waals surface area contributed by atoms with Gasteiger partial charge in [-0.3, -0.25) is 24.6 Å². The third-order valence-electron chi connectivity index (χ3n) is 6.05. The van der Waals surface area contributed by atoms with Crippen LogP contribution in [0.15, 0.2) is 32.5 Å². The van der Waals surface area contributed by atoms with Crippen molar-refractivity contribution >= 4 is 57.9 Å². The molecule has 1 fully saturated rings. The predicted octanol–water partition coefficient (Wildman–Crippen LogP) is 1.08. The summed E-state index contributed by atoms with van der Waals surface area (Å²) < 4.78 is 32.4. The Hall–Kier alpha value is -4.57. The first kappa shape index (κ1) is 32.9. The van der Waals surface area contributed by atoms with E-state index in [9.17, 15) is 29.1 Å². The third kappa shape index (κ3) is 8.26. The lowest BCUT2D eigenvalue weighted by Gasteiger charge is -2.44. The SMILES string of the molecule is CC(=O)OC[C@H]1O[C@@H](NC(=S)N/N=C(\C)c2c(O)c3cccc(C)c3oc2=O)[C@H](OC(C)=O)[C@@H](OC(C)=O)[C@H]1OC(C)=O. The van der Waals surface area contributed by atoms with Crippen LogP contribution in [0.1, 0.15) is 45.7 Å². The molecule has 0 aliphatic carbocycles. The lowest BCUT2D eigenvalue weighted by Crippen LogP contribution is -2.66. The van der Waals surface area contributed by atoms with E-state index >= 15 is 0 Å². The molecule has 2 aromatic rings. The van der Waals surface area contributed by atoms with Gasteiger partial charge in [0.15, 0.2) is 29.7 Å². The molecule has 3 rings (SSSR count). The number of nitrogens with zero attached hydrogens (tertiary/aromatic N) is 1. The quantitative estimate of drug-likeness (QED) is 0.0943. The molecule has 1 saturated heterocycles. The van der Waals surface area contributed by atoms with Crippen molar-refractivity contribution in [1.82, 2.24) is 10.7 Å². The number of ether oxygens (including phenoxy) is 5. The Morgan fingerprint density at radius 3 is 2.16 bits per heavy atom. The zero-order valence-corrected chi connectivity index (χ0v) is 24.9. The van der Waals surface area contributed by atoms with Crippen LogP contribution in [0, 0.1) is 6.92 Å². The maximum Gasteiger partial charge on any atom is 0.349 e. The number of carbonyl (C=O) groups excluding carboxylic acids is 4. The van der Waals surface area contributed by atoms with E-state index in [4.69, 9.17) is 40.3 Å². The summed E-state index contributed by atoms with van der Waals surface area (Å²) in [7, 11) is 0. The van der Waals surface area contributed by atoms with Crippen LogP contribution in [0.4, 0.5) is 0 Å². The lowest BCUT2D eigenvalue weighted by atomic mass is 9.97. The van der Waals surface area contributed by atoms with E-state index in [0.29, 0.717) is 10.9 Å². The van der Waals surface area contributed by atoms with Gasteiger partial charge in [0.05, 0.1) is 11.1 Å². The van der Waals surface area contributed by atoms with Crippen molar-refractivity contribution in [1.29, 1.82) is 0 Å². The molecule has 1 aliphatic heterocycles. The summed E-state index contributed by atoms with van der Waals surface area (Å²) in [4.78, 5) is 60.0. The standard InChI is InChI=1S/C27H31N3O12S/c1-11-8-7-9-17-20(35)19(26(36)42-21(11)17)12(2)29-30-27(43)28-25-24(40-16(6)34)23(39-15(5)33)22(38-14(4)32)18(41-25)10-37-13(3)31/h7-9,18,22-25,35H,10H2,1-6H3,(H2,28,30,43)/b29-12+/t18-,22+,23+,24-,25-/m1/s1. The number of hydrogen-bond acceptors (Lipinski definition) is 14. The number of nitrogens with one attached hydrogen (secondary N) is 2. The number of hydrogen-bond donors (Lipinski definition) is 3. The number of aryl methyl sites for hydroxylation is 1. The van der Waals surface area contributed by atoms with Gasteiger partial charge < -0.3 is 38.5 Å². The molecule has 2 heterocycles. The molecule has 43 heavy (non-hydrogen) atoms. The number of para-hydroxylation sites is 1. The summed E-state index contributed by atoms with van der Waals surface area (Å²) >= 11 is 5.31. The van der Waals surface area contributed by atoms with Gasteiger partial charge in [0, 0.05) is 27.7 Å². The second-order valence-corrected chi connectivity index (χ2v) is 9.88. The zero-order valence-electron chi connectivity index (χ0n) is 24.1. The Kier molecular flexibility index (Phi) is 10.8. The van der Waals surface area contributed by atoms with Crippen LogP contribution >= 0.6 is 12.2 Å². The van der Waals surface area contributed by atoms with E-state index in [1.165, 1.54) is 6.92 Å². The minimum Gasteiger partial charge on any atom is -0.506 e. The molecule has 1 aromatic heterocycles. The van der Waals surface area contributed by atoms with Crippen LogP contribution < -0.4 is 16.4 Å². The van der Waals surface area contributed by atoms with Crippen molar-refractivity contribution in [2.45, 2.75) is 72.2 Å². The van der Waals surface area contributed by atoms with Crippen molar-refractivity contribution in [3.05, 3.63) is 39.7 Å². The van der Waals surface area contributed by atoms with Crippen molar-refractivity contribution in [2.24, 2.45) is 5.10 Å². The Morgan fingerprint density at radius 1 is 0.953 bits per heavy atom. The maximum atomic E-state index is 12.7. The van der Waals surface area contributed by atoms with Gasteiger partial charge in [0.1, 0.15) is 29.6 Å². The second kappa shape index (κ2) is 14.1. The fourth-order valence-corrected chi connectivity index (χ4v) is 4.53. The van der Waals surface area contributed by atoms with Crippen LogP contribution in [-0.4, -0.2) is 77.1 Å². The van der Waals surface area contributed by atoms with Gasteiger partial charge >= 0.3 is 29.5 Å². The highest BCUT2D eigenvalue weighted by Gasteiger charge is 2.52. The molecule has 0 unspecified atom stereocenters. The van der Waals surface area contributed by atoms with Gasteiger partial charge in [0.2, 0.25) is 0 Å². The molecule has 1 aromatic carbocycles. The summed E-state index contributed by atoms with van der Waals surface area (Å²) in [6.07, 6.45) is -6.71. The Bertz CT molecular complexity index is 1520. The van der Waals surface area contributed by atoms with Crippen molar-refractivity contribution < 1.29 is 52.4 Å². The van der Waals surface area contributed by atoms with Crippen LogP contribution in [0.25, 0.3) is 11.0 Å². The fraction of sp³-hybridized carbons (Fsp3) is 0.444. The first-order valence-corrected chi connectivity index (χ1v) is 13.3. The second-order valence-electron chi connectivity index (χ2n) is 9.47. The molecule has 5 atom stereocenters. The average Bonchev–Trinajstić information content (AvgIpc) is 2.89. The lowest BCUT2D eigenvalue weighted by molar-refractivity contribution is -0.254. The van der Waals surface area contributed by atoms with Crippen molar-refractivity contribution in [3.63, 3.8) is 0 Å². The highest BCUT2D eigenvalue weighted by molar-refractivity contribution is 7.80. The van der Waals surface area contributed by atoms with Crippen LogP contribution in [0.2, 0.25) is 0 Å². The van der Waals surface area contributed by atoms with Gasteiger partial charge in [-0.25, -0.2) is 4.79 Å².